The molecule has 1 heterocycles. The van der Waals surface area contributed by atoms with Gasteiger partial charge in [-0.2, -0.15) is 0 Å². The largest absolute Gasteiger partial charge is 0.496 e. The van der Waals surface area contributed by atoms with Crippen molar-refractivity contribution in [3.8, 4) is 17.2 Å². The third kappa shape index (κ3) is 5.35. The first kappa shape index (κ1) is 22.9. The SMILES string of the molecule is C=CCN1C(=O)C(=Cc2c(OC)cc(OCCCC(=O)O)cc2OC)C(=O)NC1=S. The van der Waals surface area contributed by atoms with E-state index in [1.807, 2.05) is 0 Å². The van der Waals surface area contributed by atoms with Crippen LogP contribution in [0.25, 0.3) is 6.08 Å². The van der Waals surface area contributed by atoms with Gasteiger partial charge in [-0.25, -0.2) is 0 Å². The monoisotopic (exact) mass is 434 g/mol. The number of amides is 2. The van der Waals surface area contributed by atoms with Gasteiger partial charge in [0.25, 0.3) is 11.8 Å². The Morgan fingerprint density at radius 2 is 1.90 bits per heavy atom. The second-order valence-corrected chi connectivity index (χ2v) is 6.50. The van der Waals surface area contributed by atoms with Gasteiger partial charge in [-0.05, 0) is 24.7 Å². The zero-order valence-electron chi connectivity index (χ0n) is 16.6. The van der Waals surface area contributed by atoms with Gasteiger partial charge in [0, 0.05) is 25.1 Å². The van der Waals surface area contributed by atoms with Crippen LogP contribution in [0.1, 0.15) is 18.4 Å². The van der Waals surface area contributed by atoms with Crippen molar-refractivity contribution in [3.63, 3.8) is 0 Å². The molecular weight excluding hydrogens is 412 g/mol. The molecule has 1 saturated heterocycles. The van der Waals surface area contributed by atoms with E-state index in [1.54, 1.807) is 12.1 Å². The number of nitrogens with one attached hydrogen (secondary N) is 1. The van der Waals surface area contributed by atoms with Crippen LogP contribution in [0.15, 0.2) is 30.4 Å². The van der Waals surface area contributed by atoms with E-state index in [0.717, 1.165) is 0 Å². The van der Waals surface area contributed by atoms with Gasteiger partial charge in [-0.15, -0.1) is 6.58 Å². The Hall–Kier alpha value is -3.40. The van der Waals surface area contributed by atoms with E-state index in [9.17, 15) is 14.4 Å². The molecule has 0 spiro atoms. The molecule has 10 heteroatoms. The van der Waals surface area contributed by atoms with Gasteiger partial charge in [0.15, 0.2) is 5.11 Å². The highest BCUT2D eigenvalue weighted by atomic mass is 32.1. The molecule has 0 unspecified atom stereocenters. The van der Waals surface area contributed by atoms with Crippen LogP contribution in [0.2, 0.25) is 0 Å². The third-order valence-electron chi connectivity index (χ3n) is 4.11. The summed E-state index contributed by atoms with van der Waals surface area (Å²) in [6, 6.07) is 3.13. The Kier molecular flexibility index (Phi) is 7.93. The van der Waals surface area contributed by atoms with Gasteiger partial charge < -0.3 is 19.3 Å². The molecule has 0 radical (unpaired) electrons. The van der Waals surface area contributed by atoms with Gasteiger partial charge in [0.2, 0.25) is 0 Å². The van der Waals surface area contributed by atoms with Crippen molar-refractivity contribution >= 4 is 41.2 Å². The molecule has 0 bridgehead atoms. The number of thiocarbonyl (C=S) groups is 1. The van der Waals surface area contributed by atoms with Crippen LogP contribution >= 0.6 is 12.2 Å². The molecule has 30 heavy (non-hydrogen) atoms. The van der Waals surface area contributed by atoms with Gasteiger partial charge >= 0.3 is 5.97 Å². The summed E-state index contributed by atoms with van der Waals surface area (Å²) in [5.74, 6) is -1.11. The maximum Gasteiger partial charge on any atom is 0.303 e. The van der Waals surface area contributed by atoms with Crippen LogP contribution in [0.5, 0.6) is 17.2 Å². The van der Waals surface area contributed by atoms with E-state index in [-0.39, 0.29) is 30.3 Å². The van der Waals surface area contributed by atoms with Crippen molar-refractivity contribution in [2.75, 3.05) is 27.4 Å². The predicted molar refractivity (Wildman–Crippen MR) is 113 cm³/mol. The number of hydrogen-bond donors (Lipinski definition) is 2. The molecule has 0 saturated carbocycles. The molecular formula is C20H22N2O7S. The number of nitrogens with zero attached hydrogens (tertiary/aromatic N) is 1. The highest BCUT2D eigenvalue weighted by molar-refractivity contribution is 7.80. The van der Waals surface area contributed by atoms with Crippen LogP contribution < -0.4 is 19.5 Å². The maximum absolute atomic E-state index is 12.7. The molecule has 1 fully saturated rings. The molecule has 0 atom stereocenters. The third-order valence-corrected chi connectivity index (χ3v) is 4.43. The number of carbonyl (C=O) groups is 3. The van der Waals surface area contributed by atoms with Gasteiger partial charge in [0.1, 0.15) is 22.8 Å². The van der Waals surface area contributed by atoms with Gasteiger partial charge in [0.05, 0.1) is 26.4 Å². The Balaban J connectivity index is 2.38. The molecule has 2 rings (SSSR count). The summed E-state index contributed by atoms with van der Waals surface area (Å²) < 4.78 is 16.3. The summed E-state index contributed by atoms with van der Waals surface area (Å²) in [5.41, 5.74) is 0.222. The Labute approximate surface area is 178 Å². The lowest BCUT2D eigenvalue weighted by atomic mass is 10.1. The molecule has 1 aromatic rings. The van der Waals surface area contributed by atoms with Crippen LogP contribution in [-0.4, -0.2) is 60.3 Å². The van der Waals surface area contributed by atoms with Crippen molar-refractivity contribution in [1.29, 1.82) is 0 Å². The Morgan fingerprint density at radius 3 is 2.43 bits per heavy atom. The fourth-order valence-corrected chi connectivity index (χ4v) is 2.94. The zero-order chi connectivity index (χ0) is 22.3. The summed E-state index contributed by atoms with van der Waals surface area (Å²) in [4.78, 5) is 36.9. The number of carboxylic acids is 1. The van der Waals surface area contributed by atoms with E-state index in [2.05, 4.69) is 11.9 Å². The van der Waals surface area contributed by atoms with Gasteiger partial charge in [-0.1, -0.05) is 6.08 Å². The molecule has 160 valence electrons. The minimum absolute atomic E-state index is 0.00564. The van der Waals surface area contributed by atoms with E-state index in [1.165, 1.54) is 31.3 Å². The van der Waals surface area contributed by atoms with Crippen molar-refractivity contribution in [2.45, 2.75) is 12.8 Å². The Morgan fingerprint density at radius 1 is 1.27 bits per heavy atom. The topological polar surface area (TPSA) is 114 Å². The van der Waals surface area contributed by atoms with E-state index in [0.29, 0.717) is 29.2 Å². The van der Waals surface area contributed by atoms with Crippen molar-refractivity contribution in [1.82, 2.24) is 10.2 Å². The van der Waals surface area contributed by atoms with Crippen LogP contribution in [0.3, 0.4) is 0 Å². The first-order chi connectivity index (χ1) is 14.3. The van der Waals surface area contributed by atoms with E-state index >= 15 is 0 Å². The quantitative estimate of drug-likeness (QED) is 0.188. The fourth-order valence-electron chi connectivity index (χ4n) is 2.69. The number of hydrogen-bond acceptors (Lipinski definition) is 7. The highest BCUT2D eigenvalue weighted by Gasteiger charge is 2.33. The molecule has 1 aromatic carbocycles. The number of carbonyl (C=O) groups excluding carboxylic acids is 2. The Bertz CT molecular complexity index is 885. The molecule has 9 nitrogen and oxygen atoms in total. The molecule has 1 aliphatic heterocycles. The van der Waals surface area contributed by atoms with Gasteiger partial charge in [-0.3, -0.25) is 24.6 Å². The van der Waals surface area contributed by atoms with Crippen LogP contribution in [-0.2, 0) is 14.4 Å². The average Bonchev–Trinajstić information content (AvgIpc) is 2.71. The first-order valence-electron chi connectivity index (χ1n) is 8.92. The summed E-state index contributed by atoms with van der Waals surface area (Å²) in [6.07, 6.45) is 3.18. The van der Waals surface area contributed by atoms with Crippen molar-refractivity contribution < 1.29 is 33.7 Å². The number of carboxylic acid groups (broad SMARTS) is 1. The molecule has 0 aromatic heterocycles. The predicted octanol–water partition coefficient (Wildman–Crippen LogP) is 1.76. The minimum Gasteiger partial charge on any atom is -0.496 e. The number of ether oxygens (including phenoxy) is 3. The standard InChI is InChI=1S/C20H22N2O7S/c1-4-7-22-19(26)14(18(25)21-20(22)30)11-13-15(27-2)9-12(10-16(13)28-3)29-8-5-6-17(23)24/h4,9-11H,1,5-8H2,2-3H3,(H,23,24)(H,21,25,30). The van der Waals surface area contributed by atoms with Crippen LogP contribution in [0, 0.1) is 0 Å². The van der Waals surface area contributed by atoms with E-state index < -0.39 is 17.8 Å². The lowest BCUT2D eigenvalue weighted by molar-refractivity contribution is -0.137. The number of benzene rings is 1. The summed E-state index contributed by atoms with van der Waals surface area (Å²) >= 11 is 5.04. The smallest absolute Gasteiger partial charge is 0.303 e. The second kappa shape index (κ2) is 10.4. The van der Waals surface area contributed by atoms with Crippen molar-refractivity contribution in [3.05, 3.63) is 35.9 Å². The minimum atomic E-state index is -0.906. The molecule has 2 N–H and O–H groups in total. The fraction of sp³-hybridized carbons (Fsp3) is 0.300. The van der Waals surface area contributed by atoms with E-state index in [4.69, 9.17) is 31.5 Å². The summed E-state index contributed by atoms with van der Waals surface area (Å²) in [5, 5.41) is 11.2. The average molecular weight is 434 g/mol. The first-order valence-corrected chi connectivity index (χ1v) is 9.33. The number of aliphatic carboxylic acids is 1. The summed E-state index contributed by atoms with van der Waals surface area (Å²) in [6.45, 7) is 3.92. The summed E-state index contributed by atoms with van der Waals surface area (Å²) in [7, 11) is 2.85. The lowest BCUT2D eigenvalue weighted by Gasteiger charge is -2.28. The number of methoxy groups -OCH3 is 2. The van der Waals surface area contributed by atoms with Crippen molar-refractivity contribution in [2.24, 2.45) is 0 Å². The lowest BCUT2D eigenvalue weighted by Crippen LogP contribution is -2.53. The number of rotatable bonds is 10. The second-order valence-electron chi connectivity index (χ2n) is 6.11. The maximum atomic E-state index is 12.7. The van der Waals surface area contributed by atoms with Crippen LogP contribution in [0.4, 0.5) is 0 Å². The molecule has 1 aliphatic rings. The highest BCUT2D eigenvalue weighted by Crippen LogP contribution is 2.36. The zero-order valence-corrected chi connectivity index (χ0v) is 17.4. The normalized spacial score (nSPS) is 15.1. The molecule has 2 amide bonds. The molecule has 0 aliphatic carbocycles.